The Balaban J connectivity index is 1.54. The van der Waals surface area contributed by atoms with Crippen LogP contribution >= 0.6 is 27.7 Å². The number of thioether (sulfide) groups is 1. The SMILES string of the molecule is Brc1ccccc1-c1nnc(SCC[NH+]2CCOCC2)o1. The maximum Gasteiger partial charge on any atom is 0.277 e. The smallest absolute Gasteiger partial charge is 0.277 e. The first kappa shape index (κ1) is 15.0. The molecule has 0 aliphatic carbocycles. The minimum atomic E-state index is 0.559. The molecule has 0 amide bonds. The number of nitrogens with zero attached hydrogens (tertiary/aromatic N) is 2. The number of ether oxygens (including phenoxy) is 1. The third-order valence-corrected chi connectivity index (χ3v) is 4.90. The highest BCUT2D eigenvalue weighted by Crippen LogP contribution is 2.28. The lowest BCUT2D eigenvalue weighted by Gasteiger charge is -2.23. The zero-order valence-corrected chi connectivity index (χ0v) is 14.0. The Hall–Kier alpha value is -0.890. The van der Waals surface area contributed by atoms with Crippen molar-refractivity contribution in [2.45, 2.75) is 5.22 Å². The molecule has 0 bridgehead atoms. The van der Waals surface area contributed by atoms with E-state index in [9.17, 15) is 0 Å². The third kappa shape index (κ3) is 4.06. The molecule has 1 fully saturated rings. The predicted molar refractivity (Wildman–Crippen MR) is 84.5 cm³/mol. The highest BCUT2D eigenvalue weighted by atomic mass is 79.9. The fourth-order valence-corrected chi connectivity index (χ4v) is 3.46. The molecule has 1 aromatic heterocycles. The lowest BCUT2D eigenvalue weighted by atomic mass is 10.2. The van der Waals surface area contributed by atoms with E-state index in [4.69, 9.17) is 9.15 Å². The molecule has 0 saturated carbocycles. The average molecular weight is 371 g/mol. The van der Waals surface area contributed by atoms with Gasteiger partial charge in [0.15, 0.2) is 0 Å². The summed E-state index contributed by atoms with van der Waals surface area (Å²) in [6, 6.07) is 7.85. The van der Waals surface area contributed by atoms with E-state index in [1.165, 1.54) is 0 Å². The largest absolute Gasteiger partial charge is 0.411 e. The molecular formula is C14H17BrN3O2S+. The van der Waals surface area contributed by atoms with Crippen molar-refractivity contribution >= 4 is 27.7 Å². The van der Waals surface area contributed by atoms with Crippen molar-refractivity contribution in [3.63, 3.8) is 0 Å². The summed E-state index contributed by atoms with van der Waals surface area (Å²) in [5.41, 5.74) is 0.927. The normalized spacial score (nSPS) is 16.2. The molecule has 0 spiro atoms. The van der Waals surface area contributed by atoms with E-state index in [1.54, 1.807) is 16.7 Å². The number of morpholine rings is 1. The molecule has 21 heavy (non-hydrogen) atoms. The van der Waals surface area contributed by atoms with Crippen molar-refractivity contribution in [3.05, 3.63) is 28.7 Å². The Kier molecular flexibility index (Phi) is 5.29. The minimum absolute atomic E-state index is 0.559. The number of hydrogen-bond acceptors (Lipinski definition) is 5. The van der Waals surface area contributed by atoms with Crippen molar-refractivity contribution in [2.24, 2.45) is 0 Å². The number of aromatic nitrogens is 2. The molecule has 1 aliphatic rings. The van der Waals surface area contributed by atoms with Gasteiger partial charge < -0.3 is 14.1 Å². The van der Waals surface area contributed by atoms with Crippen LogP contribution in [-0.2, 0) is 4.74 Å². The first-order chi connectivity index (χ1) is 10.3. The summed E-state index contributed by atoms with van der Waals surface area (Å²) in [6.45, 7) is 5.01. The Morgan fingerprint density at radius 1 is 1.19 bits per heavy atom. The van der Waals surface area contributed by atoms with E-state index >= 15 is 0 Å². The highest BCUT2D eigenvalue weighted by molar-refractivity contribution is 9.10. The van der Waals surface area contributed by atoms with Gasteiger partial charge in [-0.05, 0) is 28.1 Å². The third-order valence-electron chi connectivity index (χ3n) is 3.39. The van der Waals surface area contributed by atoms with Gasteiger partial charge in [0.2, 0.25) is 5.89 Å². The van der Waals surface area contributed by atoms with Gasteiger partial charge in [-0.1, -0.05) is 23.9 Å². The summed E-state index contributed by atoms with van der Waals surface area (Å²) in [6.07, 6.45) is 0. The fraction of sp³-hybridized carbons (Fsp3) is 0.429. The second kappa shape index (κ2) is 7.40. The average Bonchev–Trinajstić information content (AvgIpc) is 2.97. The number of quaternary nitrogens is 1. The van der Waals surface area contributed by atoms with Gasteiger partial charge in [-0.25, -0.2) is 0 Å². The predicted octanol–water partition coefficient (Wildman–Crippen LogP) is 1.51. The second-order valence-corrected chi connectivity index (χ2v) is 6.71. The molecular weight excluding hydrogens is 354 g/mol. The molecule has 1 N–H and O–H groups in total. The maximum absolute atomic E-state index is 5.72. The van der Waals surface area contributed by atoms with Crippen LogP contribution in [0.1, 0.15) is 0 Å². The van der Waals surface area contributed by atoms with Gasteiger partial charge in [0.05, 0.1) is 31.1 Å². The standard InChI is InChI=1S/C14H16BrN3O2S/c15-12-4-2-1-3-11(12)13-16-17-14(20-13)21-10-7-18-5-8-19-9-6-18/h1-4H,5-10H2/p+1. The van der Waals surface area contributed by atoms with E-state index in [0.29, 0.717) is 11.1 Å². The van der Waals surface area contributed by atoms with E-state index in [2.05, 4.69) is 26.1 Å². The Bertz CT molecular complexity index is 587. The molecule has 112 valence electrons. The van der Waals surface area contributed by atoms with Gasteiger partial charge >= 0.3 is 0 Å². The molecule has 0 atom stereocenters. The van der Waals surface area contributed by atoms with E-state index in [-0.39, 0.29) is 0 Å². The molecule has 1 aromatic carbocycles. The molecule has 3 rings (SSSR count). The molecule has 0 unspecified atom stereocenters. The number of nitrogens with one attached hydrogen (secondary N) is 1. The number of benzene rings is 1. The molecule has 1 saturated heterocycles. The van der Waals surface area contributed by atoms with Gasteiger partial charge in [0.25, 0.3) is 5.22 Å². The van der Waals surface area contributed by atoms with Crippen molar-refractivity contribution in [1.29, 1.82) is 0 Å². The lowest BCUT2D eigenvalue weighted by Crippen LogP contribution is -3.14. The van der Waals surface area contributed by atoms with Gasteiger partial charge in [0, 0.05) is 4.47 Å². The van der Waals surface area contributed by atoms with Crippen LogP contribution in [0, 0.1) is 0 Å². The second-order valence-electron chi connectivity index (χ2n) is 4.81. The highest BCUT2D eigenvalue weighted by Gasteiger charge is 2.15. The zero-order valence-electron chi connectivity index (χ0n) is 11.5. The number of hydrogen-bond donors (Lipinski definition) is 1. The number of halogens is 1. The summed E-state index contributed by atoms with van der Waals surface area (Å²) in [5.74, 6) is 1.54. The Morgan fingerprint density at radius 3 is 2.81 bits per heavy atom. The van der Waals surface area contributed by atoms with E-state index in [0.717, 1.165) is 48.6 Å². The molecule has 2 heterocycles. The minimum Gasteiger partial charge on any atom is -0.411 e. The van der Waals surface area contributed by atoms with Crippen LogP contribution in [0.3, 0.4) is 0 Å². The maximum atomic E-state index is 5.72. The first-order valence-corrected chi connectivity index (χ1v) is 8.73. The van der Waals surface area contributed by atoms with Crippen LogP contribution in [0.25, 0.3) is 11.5 Å². The van der Waals surface area contributed by atoms with Crippen molar-refractivity contribution < 1.29 is 14.1 Å². The van der Waals surface area contributed by atoms with Crippen LogP contribution in [0.15, 0.2) is 38.4 Å². The summed E-state index contributed by atoms with van der Waals surface area (Å²) in [7, 11) is 0. The van der Waals surface area contributed by atoms with Crippen molar-refractivity contribution in [3.8, 4) is 11.5 Å². The van der Waals surface area contributed by atoms with E-state index < -0.39 is 0 Å². The quantitative estimate of drug-likeness (QED) is 0.808. The number of rotatable bonds is 5. The zero-order chi connectivity index (χ0) is 14.5. The fourth-order valence-electron chi connectivity index (χ4n) is 2.20. The van der Waals surface area contributed by atoms with Gasteiger partial charge in [-0.2, -0.15) is 0 Å². The molecule has 0 radical (unpaired) electrons. The van der Waals surface area contributed by atoms with Crippen LogP contribution in [-0.4, -0.2) is 48.8 Å². The topological polar surface area (TPSA) is 52.6 Å². The van der Waals surface area contributed by atoms with Crippen molar-refractivity contribution in [2.75, 3.05) is 38.6 Å². The molecule has 1 aliphatic heterocycles. The van der Waals surface area contributed by atoms with Crippen LogP contribution in [0.5, 0.6) is 0 Å². The summed E-state index contributed by atoms with van der Waals surface area (Å²) in [5, 5.41) is 8.86. The summed E-state index contributed by atoms with van der Waals surface area (Å²) >= 11 is 5.12. The Morgan fingerprint density at radius 2 is 2.00 bits per heavy atom. The monoisotopic (exact) mass is 370 g/mol. The Labute approximate surface area is 136 Å². The van der Waals surface area contributed by atoms with Crippen LogP contribution in [0.4, 0.5) is 0 Å². The van der Waals surface area contributed by atoms with Gasteiger partial charge in [-0.3, -0.25) is 0 Å². The van der Waals surface area contributed by atoms with Crippen LogP contribution < -0.4 is 4.90 Å². The lowest BCUT2D eigenvalue weighted by molar-refractivity contribution is -0.905. The van der Waals surface area contributed by atoms with E-state index in [1.807, 2.05) is 24.3 Å². The summed E-state index contributed by atoms with van der Waals surface area (Å²) < 4.78 is 12.0. The molecule has 2 aromatic rings. The molecule has 5 nitrogen and oxygen atoms in total. The van der Waals surface area contributed by atoms with Gasteiger partial charge in [-0.15, -0.1) is 10.2 Å². The van der Waals surface area contributed by atoms with Crippen molar-refractivity contribution in [1.82, 2.24) is 10.2 Å². The van der Waals surface area contributed by atoms with Gasteiger partial charge in [0.1, 0.15) is 13.1 Å². The first-order valence-electron chi connectivity index (χ1n) is 6.95. The van der Waals surface area contributed by atoms with Crippen LogP contribution in [0.2, 0.25) is 0 Å². The molecule has 7 heteroatoms. The summed E-state index contributed by atoms with van der Waals surface area (Å²) in [4.78, 5) is 1.58.